The van der Waals surface area contributed by atoms with Crippen molar-refractivity contribution in [3.63, 3.8) is 0 Å². The second-order valence-corrected chi connectivity index (χ2v) is 5.25. The number of rotatable bonds is 1. The Bertz CT molecular complexity index is 435. The Kier molecular flexibility index (Phi) is 1.93. The van der Waals surface area contributed by atoms with Crippen molar-refractivity contribution in [2.24, 2.45) is 0 Å². The zero-order chi connectivity index (χ0) is 9.42. The summed E-state index contributed by atoms with van der Waals surface area (Å²) in [4.78, 5) is 4.11. The first kappa shape index (κ1) is 8.45. The number of nitrogen functional groups attached to an aromatic ring is 1. The first-order valence-electron chi connectivity index (χ1n) is 3.95. The number of nitrogens with zero attached hydrogens (tertiary/aromatic N) is 3. The third-order valence-electron chi connectivity index (χ3n) is 1.87. The molecule has 2 heterocycles. The zero-order valence-corrected chi connectivity index (χ0v) is 8.49. The van der Waals surface area contributed by atoms with E-state index in [0.29, 0.717) is 0 Å². The van der Waals surface area contributed by atoms with Crippen molar-refractivity contribution in [3.05, 3.63) is 18.5 Å². The standard InChI is InChI=1S/C8H11N4P/c1-13(2)8-6(9)3-4-7-10-5-11-12(7)8/h3-5H,9H2,1-2H3. The highest BCUT2D eigenvalue weighted by Crippen LogP contribution is 2.26. The number of nitrogens with two attached hydrogens (primary N) is 1. The fourth-order valence-corrected chi connectivity index (χ4v) is 2.46. The van der Waals surface area contributed by atoms with Crippen molar-refractivity contribution < 1.29 is 0 Å². The van der Waals surface area contributed by atoms with Crippen LogP contribution in [-0.2, 0) is 0 Å². The lowest BCUT2D eigenvalue weighted by Gasteiger charge is -2.10. The molecule has 0 unspecified atom stereocenters. The minimum atomic E-state index is -0.255. The summed E-state index contributed by atoms with van der Waals surface area (Å²) in [5.74, 6) is 0. The SMILES string of the molecule is CP(C)c1c(N)ccc2ncnn12. The van der Waals surface area contributed by atoms with Crippen LogP contribution >= 0.6 is 7.92 Å². The Morgan fingerprint density at radius 3 is 2.85 bits per heavy atom. The van der Waals surface area contributed by atoms with Gasteiger partial charge in [0, 0.05) is 0 Å². The van der Waals surface area contributed by atoms with Crippen molar-refractivity contribution in [2.45, 2.75) is 0 Å². The topological polar surface area (TPSA) is 56.2 Å². The van der Waals surface area contributed by atoms with Crippen LogP contribution in [0.3, 0.4) is 0 Å². The minimum absolute atomic E-state index is 0.255. The lowest BCUT2D eigenvalue weighted by atomic mass is 10.4. The van der Waals surface area contributed by atoms with E-state index in [4.69, 9.17) is 5.73 Å². The molecule has 0 radical (unpaired) electrons. The smallest absolute Gasteiger partial charge is 0.156 e. The van der Waals surface area contributed by atoms with Gasteiger partial charge in [0.05, 0.1) is 11.1 Å². The van der Waals surface area contributed by atoms with Crippen molar-refractivity contribution >= 4 is 24.7 Å². The molecule has 0 spiro atoms. The van der Waals surface area contributed by atoms with Crippen molar-refractivity contribution in [1.82, 2.24) is 14.6 Å². The van der Waals surface area contributed by atoms with Crippen LogP contribution in [0, 0.1) is 0 Å². The van der Waals surface area contributed by atoms with E-state index in [2.05, 4.69) is 23.4 Å². The molecule has 5 heteroatoms. The first-order chi connectivity index (χ1) is 6.20. The highest BCUT2D eigenvalue weighted by molar-refractivity contribution is 7.64. The average molecular weight is 194 g/mol. The van der Waals surface area contributed by atoms with Gasteiger partial charge in [0.15, 0.2) is 5.65 Å². The summed E-state index contributed by atoms with van der Waals surface area (Å²) in [6.45, 7) is 4.31. The van der Waals surface area contributed by atoms with Gasteiger partial charge >= 0.3 is 0 Å². The van der Waals surface area contributed by atoms with Crippen LogP contribution in [0.5, 0.6) is 0 Å². The molecule has 2 N–H and O–H groups in total. The summed E-state index contributed by atoms with van der Waals surface area (Å²) in [7, 11) is -0.255. The normalized spacial score (nSPS) is 11.3. The summed E-state index contributed by atoms with van der Waals surface area (Å²) >= 11 is 0. The van der Waals surface area contributed by atoms with E-state index in [0.717, 1.165) is 16.8 Å². The lowest BCUT2D eigenvalue weighted by Crippen LogP contribution is -2.17. The molecule has 4 nitrogen and oxygen atoms in total. The number of anilines is 1. The van der Waals surface area contributed by atoms with Crippen LogP contribution in [0.25, 0.3) is 5.65 Å². The van der Waals surface area contributed by atoms with Crippen LogP contribution < -0.4 is 11.2 Å². The maximum atomic E-state index is 5.87. The lowest BCUT2D eigenvalue weighted by molar-refractivity contribution is 0.993. The Hall–Kier alpha value is -1.15. The maximum absolute atomic E-state index is 5.87. The molecule has 0 amide bonds. The van der Waals surface area contributed by atoms with Crippen LogP contribution in [-0.4, -0.2) is 27.9 Å². The molecule has 2 aromatic rings. The molecule has 0 saturated carbocycles. The molecule has 2 aromatic heterocycles. The Morgan fingerprint density at radius 2 is 2.15 bits per heavy atom. The maximum Gasteiger partial charge on any atom is 0.156 e. The molecule has 0 fully saturated rings. The van der Waals surface area contributed by atoms with E-state index in [9.17, 15) is 0 Å². The van der Waals surface area contributed by atoms with E-state index < -0.39 is 0 Å². The van der Waals surface area contributed by atoms with Crippen LogP contribution in [0.2, 0.25) is 0 Å². The van der Waals surface area contributed by atoms with E-state index in [1.165, 1.54) is 0 Å². The molecule has 0 atom stereocenters. The van der Waals surface area contributed by atoms with Gasteiger partial charge < -0.3 is 5.73 Å². The molecule has 0 aliphatic carbocycles. The number of fused-ring (bicyclic) bond motifs is 1. The fraction of sp³-hybridized carbons (Fsp3) is 0.250. The zero-order valence-electron chi connectivity index (χ0n) is 7.60. The number of hydrogen-bond donors (Lipinski definition) is 1. The summed E-state index contributed by atoms with van der Waals surface area (Å²) in [5.41, 5.74) is 8.62. The Labute approximate surface area is 77.5 Å². The largest absolute Gasteiger partial charge is 0.397 e. The molecule has 0 bridgehead atoms. The molecular weight excluding hydrogens is 183 g/mol. The number of pyridine rings is 1. The van der Waals surface area contributed by atoms with Gasteiger partial charge in [-0.25, -0.2) is 9.50 Å². The van der Waals surface area contributed by atoms with E-state index in [-0.39, 0.29) is 7.92 Å². The van der Waals surface area contributed by atoms with Gasteiger partial charge in [-0.1, -0.05) is 7.92 Å². The van der Waals surface area contributed by atoms with Crippen LogP contribution in [0.15, 0.2) is 18.5 Å². The second kappa shape index (κ2) is 2.96. The Morgan fingerprint density at radius 1 is 1.38 bits per heavy atom. The van der Waals surface area contributed by atoms with Crippen molar-refractivity contribution in [1.29, 1.82) is 0 Å². The first-order valence-corrected chi connectivity index (χ1v) is 6.19. The third-order valence-corrected chi connectivity index (χ3v) is 3.16. The van der Waals surface area contributed by atoms with Crippen molar-refractivity contribution in [3.8, 4) is 0 Å². The predicted octanol–water partition coefficient (Wildman–Crippen LogP) is 0.678. The summed E-state index contributed by atoms with van der Waals surface area (Å²) in [5, 5.41) is 4.14. The molecule has 68 valence electrons. The van der Waals surface area contributed by atoms with E-state index in [1.807, 2.05) is 16.6 Å². The molecule has 13 heavy (non-hydrogen) atoms. The van der Waals surface area contributed by atoms with E-state index in [1.54, 1.807) is 6.33 Å². The summed E-state index contributed by atoms with van der Waals surface area (Å²) in [6.07, 6.45) is 1.55. The van der Waals surface area contributed by atoms with Gasteiger partial charge in [-0.2, -0.15) is 5.10 Å². The second-order valence-electron chi connectivity index (χ2n) is 3.04. The van der Waals surface area contributed by atoms with Gasteiger partial charge in [0.25, 0.3) is 0 Å². The Balaban J connectivity index is 2.80. The quantitative estimate of drug-likeness (QED) is 0.679. The van der Waals surface area contributed by atoms with Gasteiger partial charge in [-0.15, -0.1) is 0 Å². The average Bonchev–Trinajstić information content (AvgIpc) is 2.50. The minimum Gasteiger partial charge on any atom is -0.397 e. The van der Waals surface area contributed by atoms with Gasteiger partial charge in [-0.05, 0) is 25.5 Å². The molecule has 2 rings (SSSR count). The summed E-state index contributed by atoms with van der Waals surface area (Å²) in [6, 6.07) is 3.77. The third kappa shape index (κ3) is 1.27. The molecule has 0 aliphatic rings. The van der Waals surface area contributed by atoms with Gasteiger partial charge in [0.2, 0.25) is 0 Å². The molecular formula is C8H11N4P. The van der Waals surface area contributed by atoms with Gasteiger partial charge in [-0.3, -0.25) is 0 Å². The van der Waals surface area contributed by atoms with Gasteiger partial charge in [0.1, 0.15) is 6.33 Å². The highest BCUT2D eigenvalue weighted by Gasteiger charge is 2.09. The number of hydrogen-bond acceptors (Lipinski definition) is 3. The van der Waals surface area contributed by atoms with E-state index >= 15 is 0 Å². The number of aromatic nitrogens is 3. The molecule has 0 aliphatic heterocycles. The molecule has 0 saturated heterocycles. The summed E-state index contributed by atoms with van der Waals surface area (Å²) < 4.78 is 1.82. The monoisotopic (exact) mass is 194 g/mol. The van der Waals surface area contributed by atoms with Crippen LogP contribution in [0.4, 0.5) is 5.69 Å². The van der Waals surface area contributed by atoms with Crippen LogP contribution in [0.1, 0.15) is 0 Å². The fourth-order valence-electron chi connectivity index (χ4n) is 1.34. The molecule has 0 aromatic carbocycles. The highest BCUT2D eigenvalue weighted by atomic mass is 31.1. The predicted molar refractivity (Wildman–Crippen MR) is 55.8 cm³/mol. The van der Waals surface area contributed by atoms with Crippen molar-refractivity contribution in [2.75, 3.05) is 19.1 Å².